The molecule has 2 aromatic heterocycles. The molecule has 2 bridgehead atoms. The maximum Gasteiger partial charge on any atom is 0.410 e. The predicted octanol–water partition coefficient (Wildman–Crippen LogP) is 5.68. The Balaban J connectivity index is 1.34. The van der Waals surface area contributed by atoms with Gasteiger partial charge in [0.25, 0.3) is 0 Å². The van der Waals surface area contributed by atoms with E-state index in [1.165, 1.54) is 6.07 Å². The molecule has 5 heterocycles. The lowest BCUT2D eigenvalue weighted by atomic mass is 9.99. The van der Waals surface area contributed by atoms with Crippen molar-refractivity contribution in [2.24, 2.45) is 0 Å². The van der Waals surface area contributed by atoms with E-state index in [4.69, 9.17) is 26.3 Å². The maximum absolute atomic E-state index is 16.9. The van der Waals surface area contributed by atoms with Crippen molar-refractivity contribution in [1.82, 2.24) is 24.8 Å². The molecule has 12 heteroatoms. The molecule has 10 nitrogen and oxygen atoms in total. The highest BCUT2D eigenvalue weighted by atomic mass is 35.5. The number of amides is 1. The molecule has 0 unspecified atom stereocenters. The van der Waals surface area contributed by atoms with Crippen molar-refractivity contribution in [1.29, 1.82) is 0 Å². The molecule has 3 saturated heterocycles. The van der Waals surface area contributed by atoms with Crippen LogP contribution in [0.15, 0.2) is 36.5 Å². The summed E-state index contributed by atoms with van der Waals surface area (Å²) in [7, 11) is 4.08. The number of anilines is 2. The van der Waals surface area contributed by atoms with Crippen LogP contribution in [-0.4, -0.2) is 100.0 Å². The normalized spacial score (nSPS) is 20.4. The maximum atomic E-state index is 16.9. The molecule has 45 heavy (non-hydrogen) atoms. The van der Waals surface area contributed by atoms with Gasteiger partial charge in [-0.1, -0.05) is 17.7 Å². The number of phenolic OH excluding ortho intramolecular Hbond substituents is 1. The van der Waals surface area contributed by atoms with E-state index in [1.807, 2.05) is 45.8 Å². The monoisotopic (exact) mass is 633 g/mol. The standard InChI is InChI=1S/C33H37ClFN7O3/c1-33(2,3)45-32(44)42-19-8-9-20(42)15-40(14-19)30-24-13-25(34)26(23-12-22(43)11-18-7-6-10-36-28(18)23)27(35)29(24)37-31(38-30)41-16-21(17-41)39(4)5/h6-7,10-13,19-21,43H,8-9,14-17H2,1-5H3/t19-,20+. The zero-order valence-electron chi connectivity index (χ0n) is 26.1. The minimum absolute atomic E-state index is 0.0150. The third-order valence-corrected chi connectivity index (χ3v) is 9.37. The zero-order valence-corrected chi connectivity index (χ0v) is 26.8. The Morgan fingerprint density at radius 3 is 2.42 bits per heavy atom. The largest absolute Gasteiger partial charge is 0.508 e. The van der Waals surface area contributed by atoms with Crippen LogP contribution < -0.4 is 9.80 Å². The number of ether oxygens (including phenoxy) is 1. The fraction of sp³-hybridized carbons (Fsp3) is 0.455. The van der Waals surface area contributed by atoms with Crippen molar-refractivity contribution >= 4 is 51.3 Å². The number of pyridine rings is 1. The average molecular weight is 634 g/mol. The average Bonchev–Trinajstić information content (AvgIpc) is 3.20. The first kappa shape index (κ1) is 29.7. The molecular weight excluding hydrogens is 597 g/mol. The fourth-order valence-electron chi connectivity index (χ4n) is 6.80. The van der Waals surface area contributed by atoms with E-state index in [9.17, 15) is 9.90 Å². The smallest absolute Gasteiger partial charge is 0.410 e. The number of rotatable bonds is 4. The first-order valence-electron chi connectivity index (χ1n) is 15.3. The van der Waals surface area contributed by atoms with Crippen LogP contribution in [0, 0.1) is 5.82 Å². The summed E-state index contributed by atoms with van der Waals surface area (Å²) >= 11 is 6.89. The number of carbonyl (C=O) groups is 1. The van der Waals surface area contributed by atoms with Gasteiger partial charge >= 0.3 is 6.09 Å². The van der Waals surface area contributed by atoms with Crippen LogP contribution in [0.25, 0.3) is 32.9 Å². The van der Waals surface area contributed by atoms with E-state index >= 15 is 4.39 Å². The van der Waals surface area contributed by atoms with E-state index in [2.05, 4.69) is 19.7 Å². The molecule has 0 saturated carbocycles. The number of piperazine rings is 1. The highest BCUT2D eigenvalue weighted by molar-refractivity contribution is 6.35. The van der Waals surface area contributed by atoms with Crippen molar-refractivity contribution in [3.8, 4) is 16.9 Å². The van der Waals surface area contributed by atoms with Crippen molar-refractivity contribution < 1.29 is 19.0 Å². The summed E-state index contributed by atoms with van der Waals surface area (Å²) in [6.07, 6.45) is 3.03. The van der Waals surface area contributed by atoms with Crippen molar-refractivity contribution in [3.63, 3.8) is 0 Å². The lowest BCUT2D eigenvalue weighted by Gasteiger charge is -2.44. The van der Waals surface area contributed by atoms with Gasteiger partial charge in [0.15, 0.2) is 5.82 Å². The van der Waals surface area contributed by atoms with Crippen LogP contribution in [0.4, 0.5) is 21.0 Å². The van der Waals surface area contributed by atoms with Gasteiger partial charge < -0.3 is 24.5 Å². The molecule has 2 atom stereocenters. The summed E-state index contributed by atoms with van der Waals surface area (Å²) in [5, 5.41) is 11.8. The van der Waals surface area contributed by atoms with Gasteiger partial charge in [-0.2, -0.15) is 4.98 Å². The van der Waals surface area contributed by atoms with Gasteiger partial charge in [0, 0.05) is 60.3 Å². The zero-order chi connectivity index (χ0) is 31.8. The van der Waals surface area contributed by atoms with Crippen LogP contribution in [0.1, 0.15) is 33.6 Å². The number of phenols is 1. The molecule has 3 fully saturated rings. The molecule has 236 valence electrons. The second kappa shape index (κ2) is 10.8. The van der Waals surface area contributed by atoms with E-state index < -0.39 is 11.4 Å². The SMILES string of the molecule is CN(C)C1CN(c2nc(N3C[C@H]4CC[C@@H](C3)N4C(=O)OC(C)(C)C)c3cc(Cl)c(-c4cc(O)cc5cccnc45)c(F)c3n2)C1. The van der Waals surface area contributed by atoms with Crippen LogP contribution in [0.3, 0.4) is 0 Å². The predicted molar refractivity (Wildman–Crippen MR) is 174 cm³/mol. The van der Waals surface area contributed by atoms with E-state index in [0.717, 1.165) is 25.9 Å². The number of nitrogens with zero attached hydrogens (tertiary/aromatic N) is 7. The molecular formula is C33H37ClFN7O3. The number of likely N-dealkylation sites (N-methyl/N-ethyl adjacent to an activating group) is 1. The van der Waals surface area contributed by atoms with Gasteiger partial charge in [-0.3, -0.25) is 9.88 Å². The van der Waals surface area contributed by atoms with Gasteiger partial charge in [0.2, 0.25) is 5.95 Å². The topological polar surface area (TPSA) is 98.2 Å². The number of benzene rings is 2. The summed E-state index contributed by atoms with van der Waals surface area (Å²) in [5.41, 5.74) is 0.602. The van der Waals surface area contributed by atoms with Gasteiger partial charge in [0.1, 0.15) is 22.7 Å². The van der Waals surface area contributed by atoms with Crippen LogP contribution in [0.2, 0.25) is 5.02 Å². The van der Waals surface area contributed by atoms with Gasteiger partial charge in [-0.15, -0.1) is 0 Å². The van der Waals surface area contributed by atoms with Crippen LogP contribution in [-0.2, 0) is 4.74 Å². The van der Waals surface area contributed by atoms with E-state index in [-0.39, 0.29) is 40.0 Å². The molecule has 0 aliphatic carbocycles. The fourth-order valence-corrected chi connectivity index (χ4v) is 7.09. The highest BCUT2D eigenvalue weighted by Gasteiger charge is 2.45. The summed E-state index contributed by atoms with van der Waals surface area (Å²) in [4.78, 5) is 35.6. The quantitative estimate of drug-likeness (QED) is 0.304. The Hall–Kier alpha value is -3.96. The second-order valence-corrected chi connectivity index (χ2v) is 14.0. The van der Waals surface area contributed by atoms with Crippen molar-refractivity contribution in [2.45, 2.75) is 57.3 Å². The number of hydrogen-bond donors (Lipinski definition) is 1. The number of aromatic nitrogens is 3. The molecule has 3 aliphatic rings. The minimum atomic E-state index is -0.597. The Morgan fingerprint density at radius 2 is 1.76 bits per heavy atom. The molecule has 4 aromatic rings. The van der Waals surface area contributed by atoms with Crippen molar-refractivity contribution in [2.75, 3.05) is 50.1 Å². The summed E-state index contributed by atoms with van der Waals surface area (Å²) in [6, 6.07) is 8.60. The number of aromatic hydroxyl groups is 1. The van der Waals surface area contributed by atoms with Crippen LogP contribution >= 0.6 is 11.6 Å². The molecule has 0 spiro atoms. The number of carbonyl (C=O) groups excluding carboxylic acids is 1. The third-order valence-electron chi connectivity index (χ3n) is 9.07. The lowest BCUT2D eigenvalue weighted by Crippen LogP contribution is -2.58. The molecule has 7 rings (SSSR count). The van der Waals surface area contributed by atoms with Gasteiger partial charge in [-0.25, -0.2) is 14.2 Å². The first-order valence-corrected chi connectivity index (χ1v) is 15.7. The molecule has 0 radical (unpaired) electrons. The highest BCUT2D eigenvalue weighted by Crippen LogP contribution is 2.43. The summed E-state index contributed by atoms with van der Waals surface area (Å²) in [5.74, 6) is 0.428. The summed E-state index contributed by atoms with van der Waals surface area (Å²) < 4.78 is 22.6. The van der Waals surface area contributed by atoms with Crippen molar-refractivity contribution in [3.05, 3.63) is 47.4 Å². The second-order valence-electron chi connectivity index (χ2n) is 13.6. The van der Waals surface area contributed by atoms with E-state index in [0.29, 0.717) is 52.8 Å². The molecule has 1 amide bonds. The molecule has 1 N–H and O–H groups in total. The number of fused-ring (bicyclic) bond motifs is 4. The van der Waals surface area contributed by atoms with Crippen LogP contribution in [0.5, 0.6) is 5.75 Å². The molecule has 2 aromatic carbocycles. The number of hydrogen-bond acceptors (Lipinski definition) is 9. The summed E-state index contributed by atoms with van der Waals surface area (Å²) in [6.45, 7) is 8.12. The van der Waals surface area contributed by atoms with E-state index in [1.54, 1.807) is 24.4 Å². The Bertz CT molecular complexity index is 1810. The molecule has 3 aliphatic heterocycles. The van der Waals surface area contributed by atoms with Gasteiger partial charge in [0.05, 0.1) is 22.6 Å². The Kier molecular flexibility index (Phi) is 7.16. The first-order chi connectivity index (χ1) is 21.4. The number of halogens is 2. The lowest BCUT2D eigenvalue weighted by molar-refractivity contribution is 0.0123. The Labute approximate surface area is 266 Å². The Morgan fingerprint density at radius 1 is 1.04 bits per heavy atom. The minimum Gasteiger partial charge on any atom is -0.508 e. The van der Waals surface area contributed by atoms with Gasteiger partial charge in [-0.05, 0) is 72.0 Å². The third kappa shape index (κ3) is 5.25.